The molecule has 0 unspecified atom stereocenters. The number of rotatable bonds is 1. The number of allylic oxidation sites excluding steroid dienone is 2. The maximum atomic E-state index is 2.40. The Kier molecular flexibility index (Phi) is 2.18. The fourth-order valence-corrected chi connectivity index (χ4v) is 2.29. The van der Waals surface area contributed by atoms with Crippen LogP contribution in [0.2, 0.25) is 0 Å². The molecule has 0 heterocycles. The smallest absolute Gasteiger partial charge is 0.0154 e. The summed E-state index contributed by atoms with van der Waals surface area (Å²) < 4.78 is 0. The van der Waals surface area contributed by atoms with Gasteiger partial charge in [-0.3, -0.25) is 0 Å². The first-order valence-electron chi connectivity index (χ1n) is 4.29. The Morgan fingerprint density at radius 2 is 2.10 bits per heavy atom. The third-order valence-electron chi connectivity index (χ3n) is 2.67. The maximum absolute atomic E-state index is 2.40. The molecular formula is C10H18. The van der Waals surface area contributed by atoms with Crippen molar-refractivity contribution in [2.45, 2.75) is 34.1 Å². The first kappa shape index (κ1) is 7.84. The van der Waals surface area contributed by atoms with E-state index in [4.69, 9.17) is 0 Å². The van der Waals surface area contributed by atoms with Crippen LogP contribution >= 0.6 is 0 Å². The molecule has 0 heteroatoms. The Balaban J connectivity index is 2.64. The van der Waals surface area contributed by atoms with E-state index in [0.717, 1.165) is 17.8 Å². The van der Waals surface area contributed by atoms with Crippen LogP contribution in [0.25, 0.3) is 0 Å². The molecule has 0 fully saturated rings. The first-order chi connectivity index (χ1) is 4.63. The summed E-state index contributed by atoms with van der Waals surface area (Å²) in [6.07, 6.45) is 3.70. The van der Waals surface area contributed by atoms with E-state index < -0.39 is 0 Å². The van der Waals surface area contributed by atoms with Crippen LogP contribution in [0.15, 0.2) is 11.6 Å². The summed E-state index contributed by atoms with van der Waals surface area (Å²) in [5.41, 5.74) is 1.61. The minimum Gasteiger partial charge on any atom is -0.0850 e. The Labute approximate surface area is 64.3 Å². The van der Waals surface area contributed by atoms with Crippen molar-refractivity contribution in [1.29, 1.82) is 0 Å². The molecule has 0 radical (unpaired) electrons. The standard InChI is InChI=1S/C10H18/c1-7(2)10-8(3)5-6-9(10)4/h5,7,9-10H,6H2,1-4H3/t9-,10-/m1/s1. The topological polar surface area (TPSA) is 0 Å². The predicted octanol–water partition coefficient (Wildman–Crippen LogP) is 3.24. The van der Waals surface area contributed by atoms with Crippen LogP contribution in [-0.2, 0) is 0 Å². The molecule has 0 saturated heterocycles. The van der Waals surface area contributed by atoms with Gasteiger partial charge in [-0.25, -0.2) is 0 Å². The van der Waals surface area contributed by atoms with Gasteiger partial charge in [0.05, 0.1) is 0 Å². The van der Waals surface area contributed by atoms with Crippen molar-refractivity contribution in [2.24, 2.45) is 17.8 Å². The lowest BCUT2D eigenvalue weighted by Crippen LogP contribution is -2.13. The normalized spacial score (nSPS) is 33.1. The zero-order chi connectivity index (χ0) is 7.72. The third-order valence-corrected chi connectivity index (χ3v) is 2.67. The second-order valence-electron chi connectivity index (χ2n) is 3.93. The Bertz CT molecular complexity index is 142. The molecular weight excluding hydrogens is 120 g/mol. The zero-order valence-electron chi connectivity index (χ0n) is 7.52. The molecule has 2 atom stereocenters. The summed E-state index contributed by atoms with van der Waals surface area (Å²) in [5.74, 6) is 2.58. The first-order valence-corrected chi connectivity index (χ1v) is 4.29. The highest BCUT2D eigenvalue weighted by atomic mass is 14.3. The highest BCUT2D eigenvalue weighted by Crippen LogP contribution is 2.36. The minimum atomic E-state index is 0.828. The lowest BCUT2D eigenvalue weighted by atomic mass is 9.84. The molecule has 1 aliphatic rings. The van der Waals surface area contributed by atoms with Crippen LogP contribution in [-0.4, -0.2) is 0 Å². The van der Waals surface area contributed by atoms with Gasteiger partial charge in [0.25, 0.3) is 0 Å². The quantitative estimate of drug-likeness (QED) is 0.488. The van der Waals surface area contributed by atoms with Gasteiger partial charge in [0.15, 0.2) is 0 Å². The van der Waals surface area contributed by atoms with Gasteiger partial charge in [0.1, 0.15) is 0 Å². The van der Waals surface area contributed by atoms with E-state index in [1.807, 2.05) is 0 Å². The Hall–Kier alpha value is -0.260. The highest BCUT2D eigenvalue weighted by Gasteiger charge is 2.25. The zero-order valence-corrected chi connectivity index (χ0v) is 7.52. The average molecular weight is 138 g/mol. The lowest BCUT2D eigenvalue weighted by molar-refractivity contribution is 0.343. The van der Waals surface area contributed by atoms with Crippen molar-refractivity contribution < 1.29 is 0 Å². The van der Waals surface area contributed by atoms with E-state index in [2.05, 4.69) is 33.8 Å². The molecule has 0 saturated carbocycles. The Morgan fingerprint density at radius 3 is 2.30 bits per heavy atom. The summed E-state index contributed by atoms with van der Waals surface area (Å²) in [7, 11) is 0. The van der Waals surface area contributed by atoms with Crippen molar-refractivity contribution in [3.63, 3.8) is 0 Å². The van der Waals surface area contributed by atoms with Crippen LogP contribution in [0.4, 0.5) is 0 Å². The number of hydrogen-bond acceptors (Lipinski definition) is 0. The second-order valence-corrected chi connectivity index (χ2v) is 3.93. The van der Waals surface area contributed by atoms with E-state index in [1.165, 1.54) is 6.42 Å². The van der Waals surface area contributed by atoms with Crippen LogP contribution in [0.5, 0.6) is 0 Å². The summed E-state index contributed by atoms with van der Waals surface area (Å²) in [6, 6.07) is 0. The molecule has 0 aliphatic heterocycles. The van der Waals surface area contributed by atoms with E-state index in [-0.39, 0.29) is 0 Å². The lowest BCUT2D eigenvalue weighted by Gasteiger charge is -2.21. The van der Waals surface area contributed by atoms with E-state index in [1.54, 1.807) is 5.57 Å². The summed E-state index contributed by atoms with van der Waals surface area (Å²) in [4.78, 5) is 0. The Morgan fingerprint density at radius 1 is 1.50 bits per heavy atom. The van der Waals surface area contributed by atoms with Gasteiger partial charge >= 0.3 is 0 Å². The number of hydrogen-bond donors (Lipinski definition) is 0. The fourth-order valence-electron chi connectivity index (χ4n) is 2.29. The molecule has 0 spiro atoms. The van der Waals surface area contributed by atoms with Crippen molar-refractivity contribution in [2.75, 3.05) is 0 Å². The van der Waals surface area contributed by atoms with Gasteiger partial charge in [-0.15, -0.1) is 0 Å². The molecule has 10 heavy (non-hydrogen) atoms. The summed E-state index contributed by atoms with van der Waals surface area (Å²) in [5, 5.41) is 0. The van der Waals surface area contributed by atoms with Gasteiger partial charge in [0.2, 0.25) is 0 Å². The van der Waals surface area contributed by atoms with Gasteiger partial charge in [-0.1, -0.05) is 32.4 Å². The van der Waals surface area contributed by atoms with Gasteiger partial charge in [-0.05, 0) is 31.1 Å². The van der Waals surface area contributed by atoms with E-state index >= 15 is 0 Å². The van der Waals surface area contributed by atoms with Crippen molar-refractivity contribution in [1.82, 2.24) is 0 Å². The molecule has 0 bridgehead atoms. The molecule has 58 valence electrons. The molecule has 0 amide bonds. The maximum Gasteiger partial charge on any atom is -0.0154 e. The van der Waals surface area contributed by atoms with Crippen molar-refractivity contribution in [3.8, 4) is 0 Å². The molecule has 0 nitrogen and oxygen atoms in total. The van der Waals surface area contributed by atoms with Gasteiger partial charge < -0.3 is 0 Å². The molecule has 1 rings (SSSR count). The monoisotopic (exact) mass is 138 g/mol. The van der Waals surface area contributed by atoms with Crippen LogP contribution in [0.1, 0.15) is 34.1 Å². The predicted molar refractivity (Wildman–Crippen MR) is 45.9 cm³/mol. The van der Waals surface area contributed by atoms with Crippen molar-refractivity contribution >= 4 is 0 Å². The minimum absolute atomic E-state index is 0.828. The summed E-state index contributed by atoms with van der Waals surface area (Å²) >= 11 is 0. The highest BCUT2D eigenvalue weighted by molar-refractivity contribution is 5.12. The van der Waals surface area contributed by atoms with Crippen LogP contribution in [0, 0.1) is 17.8 Å². The SMILES string of the molecule is CC1=CC[C@@H](C)[C@@H]1C(C)C. The van der Waals surface area contributed by atoms with Gasteiger partial charge in [-0.2, -0.15) is 0 Å². The van der Waals surface area contributed by atoms with E-state index in [9.17, 15) is 0 Å². The van der Waals surface area contributed by atoms with Gasteiger partial charge in [0, 0.05) is 0 Å². The molecule has 0 N–H and O–H groups in total. The second kappa shape index (κ2) is 2.77. The fraction of sp³-hybridized carbons (Fsp3) is 0.800. The molecule has 0 aromatic carbocycles. The van der Waals surface area contributed by atoms with E-state index in [0.29, 0.717) is 0 Å². The molecule has 0 aromatic rings. The molecule has 0 aromatic heterocycles. The average Bonchev–Trinajstić information content (AvgIpc) is 2.11. The van der Waals surface area contributed by atoms with Crippen LogP contribution < -0.4 is 0 Å². The molecule has 1 aliphatic carbocycles. The van der Waals surface area contributed by atoms with Crippen LogP contribution in [0.3, 0.4) is 0 Å². The third kappa shape index (κ3) is 1.25. The largest absolute Gasteiger partial charge is 0.0850 e. The van der Waals surface area contributed by atoms with Crippen molar-refractivity contribution in [3.05, 3.63) is 11.6 Å². The summed E-state index contributed by atoms with van der Waals surface area (Å²) in [6.45, 7) is 9.28.